The number of nitrogens with zero attached hydrogens (tertiary/aromatic N) is 1. The zero-order chi connectivity index (χ0) is 16.7. The summed E-state index contributed by atoms with van der Waals surface area (Å²) in [7, 11) is 0. The van der Waals surface area contributed by atoms with E-state index in [1.54, 1.807) is 36.4 Å². The van der Waals surface area contributed by atoms with E-state index in [4.69, 9.17) is 10.6 Å². The zero-order valence-electron chi connectivity index (χ0n) is 12.7. The maximum Gasteiger partial charge on any atom is 0.265 e. The molecule has 0 atom stereocenters. The van der Waals surface area contributed by atoms with E-state index in [-0.39, 0.29) is 18.2 Å². The number of nitrogens with one attached hydrogen (secondary N) is 1. The van der Waals surface area contributed by atoms with Crippen LogP contribution in [0.4, 0.5) is 5.69 Å². The predicted molar refractivity (Wildman–Crippen MR) is 88.2 cm³/mol. The number of anilines is 1. The van der Waals surface area contributed by atoms with Crippen molar-refractivity contribution < 1.29 is 14.4 Å². The molecule has 23 heavy (non-hydrogen) atoms. The van der Waals surface area contributed by atoms with E-state index < -0.39 is 5.91 Å². The van der Waals surface area contributed by atoms with Crippen molar-refractivity contribution >= 4 is 23.2 Å². The van der Waals surface area contributed by atoms with E-state index >= 15 is 0 Å². The molecule has 1 amide bonds. The molecule has 0 aliphatic rings. The van der Waals surface area contributed by atoms with E-state index in [0.29, 0.717) is 16.8 Å². The summed E-state index contributed by atoms with van der Waals surface area (Å²) < 4.78 is 0. The van der Waals surface area contributed by atoms with Crippen molar-refractivity contribution in [2.75, 3.05) is 11.9 Å². The highest BCUT2D eigenvalue weighted by Crippen LogP contribution is 2.11. The highest BCUT2D eigenvalue weighted by atomic mass is 16.6. The van der Waals surface area contributed by atoms with E-state index in [2.05, 4.69) is 10.5 Å². The molecule has 2 aromatic carbocycles. The van der Waals surface area contributed by atoms with Gasteiger partial charge in [0.2, 0.25) is 0 Å². The van der Waals surface area contributed by atoms with Crippen LogP contribution in [0.25, 0.3) is 0 Å². The number of hydrogen-bond donors (Lipinski definition) is 2. The summed E-state index contributed by atoms with van der Waals surface area (Å²) in [4.78, 5) is 28.0. The molecule has 0 saturated carbocycles. The first-order chi connectivity index (χ1) is 11.1. The highest BCUT2D eigenvalue weighted by Gasteiger charge is 2.06. The molecular formula is C17H17N3O3. The maximum absolute atomic E-state index is 11.8. The second-order valence-corrected chi connectivity index (χ2v) is 4.80. The van der Waals surface area contributed by atoms with Crippen LogP contribution in [0.2, 0.25) is 0 Å². The van der Waals surface area contributed by atoms with Crippen LogP contribution in [0.1, 0.15) is 22.8 Å². The van der Waals surface area contributed by atoms with Crippen molar-refractivity contribution in [3.05, 3.63) is 65.7 Å². The Morgan fingerprint density at radius 1 is 1.09 bits per heavy atom. The van der Waals surface area contributed by atoms with Crippen LogP contribution in [0.15, 0.2) is 59.8 Å². The Morgan fingerprint density at radius 2 is 1.78 bits per heavy atom. The molecule has 0 aliphatic carbocycles. The molecule has 6 heteroatoms. The van der Waals surface area contributed by atoms with Crippen molar-refractivity contribution in [3.63, 3.8) is 0 Å². The van der Waals surface area contributed by atoms with Crippen molar-refractivity contribution in [1.29, 1.82) is 0 Å². The monoisotopic (exact) mass is 311 g/mol. The van der Waals surface area contributed by atoms with E-state index in [0.717, 1.165) is 0 Å². The number of amides is 1. The van der Waals surface area contributed by atoms with Crippen molar-refractivity contribution in [1.82, 2.24) is 0 Å². The molecule has 2 rings (SSSR count). The molecule has 6 nitrogen and oxygen atoms in total. The molecular weight excluding hydrogens is 294 g/mol. The molecule has 0 aromatic heterocycles. The molecule has 2 aromatic rings. The van der Waals surface area contributed by atoms with Gasteiger partial charge in [0, 0.05) is 16.8 Å². The normalized spacial score (nSPS) is 10.9. The smallest absolute Gasteiger partial charge is 0.265 e. The van der Waals surface area contributed by atoms with Gasteiger partial charge in [0.05, 0.1) is 0 Å². The van der Waals surface area contributed by atoms with E-state index in [1.807, 2.05) is 18.2 Å². The van der Waals surface area contributed by atoms with Crippen LogP contribution in [0.5, 0.6) is 0 Å². The lowest BCUT2D eigenvalue weighted by Gasteiger charge is -2.06. The number of carbonyl (C=O) groups excluding carboxylic acids is 2. The standard InChI is InChI=1S/C17H17N3O3/c1-12(21)14-8-5-9-15(10-14)19-16(22)11-23-20-17(18)13-6-3-2-4-7-13/h2-10H,11H2,1H3,(H2,18,20)(H,19,22). The Bertz CT molecular complexity index is 727. The van der Waals surface area contributed by atoms with E-state index in [1.165, 1.54) is 6.92 Å². The number of carbonyl (C=O) groups is 2. The van der Waals surface area contributed by atoms with Gasteiger partial charge in [-0.3, -0.25) is 9.59 Å². The van der Waals surface area contributed by atoms with E-state index in [9.17, 15) is 9.59 Å². The van der Waals surface area contributed by atoms with Crippen LogP contribution >= 0.6 is 0 Å². The lowest BCUT2D eigenvalue weighted by Crippen LogP contribution is -2.19. The number of amidine groups is 1. The van der Waals surface area contributed by atoms with Gasteiger partial charge in [-0.1, -0.05) is 47.6 Å². The number of nitrogens with two attached hydrogens (primary N) is 1. The number of oxime groups is 1. The van der Waals surface area contributed by atoms with Gasteiger partial charge < -0.3 is 15.9 Å². The van der Waals surface area contributed by atoms with Gasteiger partial charge >= 0.3 is 0 Å². The molecule has 0 unspecified atom stereocenters. The van der Waals surface area contributed by atoms with Gasteiger partial charge in [-0.05, 0) is 19.1 Å². The minimum Gasteiger partial charge on any atom is -0.384 e. The fourth-order valence-corrected chi connectivity index (χ4v) is 1.84. The lowest BCUT2D eigenvalue weighted by molar-refractivity contribution is -0.120. The molecule has 3 N–H and O–H groups in total. The second-order valence-electron chi connectivity index (χ2n) is 4.80. The van der Waals surface area contributed by atoms with Crippen LogP contribution in [-0.2, 0) is 9.63 Å². The summed E-state index contributed by atoms with van der Waals surface area (Å²) >= 11 is 0. The number of benzene rings is 2. The summed E-state index contributed by atoms with van der Waals surface area (Å²) in [6.45, 7) is 1.18. The third-order valence-electron chi connectivity index (χ3n) is 2.98. The number of Topliss-reactive ketones (excluding diaryl/α,β-unsaturated/α-hetero) is 1. The van der Waals surface area contributed by atoms with Crippen LogP contribution in [0, 0.1) is 0 Å². The number of rotatable bonds is 6. The Kier molecular flexibility index (Phi) is 5.46. The molecule has 0 heterocycles. The fourth-order valence-electron chi connectivity index (χ4n) is 1.84. The Hall–Kier alpha value is -3.15. The Balaban J connectivity index is 1.88. The SMILES string of the molecule is CC(=O)c1cccc(NC(=O)CO/N=C(\N)c2ccccc2)c1. The summed E-state index contributed by atoms with van der Waals surface area (Å²) in [5.74, 6) is -0.273. The minimum atomic E-state index is -0.393. The van der Waals surface area contributed by atoms with Crippen LogP contribution in [0.3, 0.4) is 0 Å². The Morgan fingerprint density at radius 3 is 2.48 bits per heavy atom. The van der Waals surface area contributed by atoms with Gasteiger partial charge in [-0.15, -0.1) is 0 Å². The van der Waals surface area contributed by atoms with Crippen LogP contribution < -0.4 is 11.1 Å². The van der Waals surface area contributed by atoms with Crippen molar-refractivity contribution in [2.45, 2.75) is 6.92 Å². The first-order valence-corrected chi connectivity index (χ1v) is 6.98. The summed E-state index contributed by atoms with van der Waals surface area (Å²) in [5.41, 5.74) is 7.50. The highest BCUT2D eigenvalue weighted by molar-refractivity contribution is 5.98. The van der Waals surface area contributed by atoms with Crippen LogP contribution in [-0.4, -0.2) is 24.1 Å². The number of ketones is 1. The molecule has 0 fully saturated rings. The predicted octanol–water partition coefficient (Wildman–Crippen LogP) is 2.16. The van der Waals surface area contributed by atoms with Gasteiger partial charge in [0.25, 0.3) is 5.91 Å². The quantitative estimate of drug-likeness (QED) is 0.370. The van der Waals surface area contributed by atoms with Gasteiger partial charge in [-0.2, -0.15) is 0 Å². The largest absolute Gasteiger partial charge is 0.384 e. The van der Waals surface area contributed by atoms with Gasteiger partial charge in [0.1, 0.15) is 0 Å². The summed E-state index contributed by atoms with van der Waals surface area (Å²) in [5, 5.41) is 6.33. The summed E-state index contributed by atoms with van der Waals surface area (Å²) in [6, 6.07) is 15.7. The van der Waals surface area contributed by atoms with Gasteiger partial charge in [-0.25, -0.2) is 0 Å². The first kappa shape index (κ1) is 16.2. The molecule has 0 aliphatic heterocycles. The maximum atomic E-state index is 11.8. The summed E-state index contributed by atoms with van der Waals surface area (Å²) in [6.07, 6.45) is 0. The molecule has 0 saturated heterocycles. The van der Waals surface area contributed by atoms with Crippen molar-refractivity contribution in [2.24, 2.45) is 10.9 Å². The molecule has 0 spiro atoms. The third-order valence-corrected chi connectivity index (χ3v) is 2.98. The zero-order valence-corrected chi connectivity index (χ0v) is 12.7. The molecule has 0 radical (unpaired) electrons. The topological polar surface area (TPSA) is 93.8 Å². The lowest BCUT2D eigenvalue weighted by atomic mass is 10.1. The first-order valence-electron chi connectivity index (χ1n) is 6.98. The minimum absolute atomic E-state index is 0.0717. The van der Waals surface area contributed by atoms with Crippen molar-refractivity contribution in [3.8, 4) is 0 Å². The molecule has 118 valence electrons. The third kappa shape index (κ3) is 4.96. The number of hydrogen-bond acceptors (Lipinski definition) is 4. The molecule has 0 bridgehead atoms. The Labute approximate surface area is 133 Å². The van der Waals surface area contributed by atoms with Gasteiger partial charge in [0.15, 0.2) is 18.2 Å². The fraction of sp³-hybridized carbons (Fsp3) is 0.118. The second kappa shape index (κ2) is 7.74. The average Bonchev–Trinajstić information content (AvgIpc) is 2.55. The average molecular weight is 311 g/mol.